The van der Waals surface area contributed by atoms with E-state index in [9.17, 15) is 4.79 Å². The Labute approximate surface area is 170 Å². The predicted molar refractivity (Wildman–Crippen MR) is 116 cm³/mol. The maximum absolute atomic E-state index is 13.3. The van der Waals surface area contributed by atoms with Crippen molar-refractivity contribution >= 4 is 17.5 Å². The molecule has 1 aliphatic rings. The van der Waals surface area contributed by atoms with E-state index in [4.69, 9.17) is 11.6 Å². The molecule has 0 fully saturated rings. The number of amides is 1. The Morgan fingerprint density at radius 1 is 1.19 bits per heavy atom. The molecular weight excluding hydrogens is 354 g/mol. The molecule has 1 aromatic rings. The molecule has 0 aromatic heterocycles. The van der Waals surface area contributed by atoms with Crippen LogP contribution in [0.4, 0.5) is 0 Å². The minimum atomic E-state index is -0.213. The number of nitrogens with one attached hydrogen (secondary N) is 1. The lowest BCUT2D eigenvalue weighted by atomic mass is 9.73. The monoisotopic (exact) mass is 389 g/mol. The van der Waals surface area contributed by atoms with Gasteiger partial charge in [0.1, 0.15) is 0 Å². The Morgan fingerprint density at radius 2 is 1.93 bits per heavy atom. The highest BCUT2D eigenvalue weighted by Crippen LogP contribution is 2.40. The van der Waals surface area contributed by atoms with Crippen LogP contribution >= 0.6 is 11.6 Å². The average Bonchev–Trinajstić information content (AvgIpc) is 2.74. The topological polar surface area (TPSA) is 29.1 Å². The third-order valence-corrected chi connectivity index (χ3v) is 6.32. The average molecular weight is 390 g/mol. The Hall–Kier alpha value is -1.28. The van der Waals surface area contributed by atoms with Crippen LogP contribution in [0, 0.1) is 11.3 Å². The number of hydrogen-bond acceptors (Lipinski definition) is 1. The second-order valence-corrected chi connectivity index (χ2v) is 9.06. The zero-order chi connectivity index (χ0) is 20.0. The van der Waals surface area contributed by atoms with Gasteiger partial charge < -0.3 is 5.32 Å². The fraction of sp³-hybridized carbons (Fsp3) is 0.625. The van der Waals surface area contributed by atoms with Crippen molar-refractivity contribution in [3.63, 3.8) is 0 Å². The standard InChI is InChI=1S/C24H36ClNO/c1-6-12-24(13-10-17(3)4)14-11-18(5)22(26-23(24)27)16-20-8-9-21(25)15-19(20)7-2/h8-9,15,17H,6-7,10-14,16H2,1-5H3,(H,26,27). The maximum atomic E-state index is 13.3. The largest absolute Gasteiger partial charge is 0.329 e. The number of hydrogen-bond donors (Lipinski definition) is 1. The molecule has 1 amide bonds. The first-order chi connectivity index (χ1) is 12.8. The molecule has 0 bridgehead atoms. The van der Waals surface area contributed by atoms with E-state index in [0.29, 0.717) is 5.92 Å². The van der Waals surface area contributed by atoms with Crippen LogP contribution in [0.3, 0.4) is 0 Å². The Bertz CT molecular complexity index is 692. The zero-order valence-electron chi connectivity index (χ0n) is 17.8. The lowest BCUT2D eigenvalue weighted by Gasteiger charge is -2.32. The van der Waals surface area contributed by atoms with Crippen molar-refractivity contribution in [3.8, 4) is 0 Å². The van der Waals surface area contributed by atoms with E-state index in [2.05, 4.69) is 52.1 Å². The highest BCUT2D eigenvalue weighted by atomic mass is 35.5. The van der Waals surface area contributed by atoms with E-state index in [1.807, 2.05) is 6.07 Å². The molecule has 1 atom stereocenters. The third kappa shape index (κ3) is 5.60. The van der Waals surface area contributed by atoms with Crippen LogP contribution < -0.4 is 5.32 Å². The normalized spacial score (nSPS) is 20.8. The molecule has 0 radical (unpaired) electrons. The van der Waals surface area contributed by atoms with Gasteiger partial charge in [-0.3, -0.25) is 4.79 Å². The smallest absolute Gasteiger partial charge is 0.230 e. The van der Waals surface area contributed by atoms with Gasteiger partial charge in [-0.1, -0.05) is 57.4 Å². The summed E-state index contributed by atoms with van der Waals surface area (Å²) in [5, 5.41) is 4.13. The number of allylic oxidation sites excluding steroid dienone is 2. The van der Waals surface area contributed by atoms with Crippen LogP contribution in [0.2, 0.25) is 5.02 Å². The molecule has 0 spiro atoms. The predicted octanol–water partition coefficient (Wildman–Crippen LogP) is 6.85. The molecule has 2 rings (SSSR count). The van der Waals surface area contributed by atoms with E-state index in [0.717, 1.165) is 62.1 Å². The van der Waals surface area contributed by atoms with Gasteiger partial charge in [0.25, 0.3) is 0 Å². The van der Waals surface area contributed by atoms with Gasteiger partial charge in [0.05, 0.1) is 0 Å². The van der Waals surface area contributed by atoms with Gasteiger partial charge in [-0.2, -0.15) is 0 Å². The van der Waals surface area contributed by atoms with Crippen LogP contribution in [0.15, 0.2) is 29.5 Å². The summed E-state index contributed by atoms with van der Waals surface area (Å²) in [6, 6.07) is 6.11. The SMILES string of the molecule is CCCC1(CCC(C)C)CCC(C)=C(Cc2ccc(Cl)cc2CC)NC1=O. The molecule has 1 N–H and O–H groups in total. The lowest BCUT2D eigenvalue weighted by molar-refractivity contribution is -0.131. The van der Waals surface area contributed by atoms with E-state index < -0.39 is 0 Å². The molecule has 2 nitrogen and oxygen atoms in total. The first-order valence-corrected chi connectivity index (χ1v) is 11.0. The van der Waals surface area contributed by atoms with Gasteiger partial charge in [0.15, 0.2) is 0 Å². The van der Waals surface area contributed by atoms with Crippen molar-refractivity contribution in [3.05, 3.63) is 45.6 Å². The molecule has 3 heteroatoms. The first kappa shape index (κ1) is 22.0. The Kier molecular flexibility index (Phi) is 7.97. The first-order valence-electron chi connectivity index (χ1n) is 10.6. The molecule has 1 aromatic carbocycles. The maximum Gasteiger partial charge on any atom is 0.230 e. The van der Waals surface area contributed by atoms with Gasteiger partial charge >= 0.3 is 0 Å². The number of halogens is 1. The number of carbonyl (C=O) groups excluding carboxylic acids is 1. The highest BCUT2D eigenvalue weighted by Gasteiger charge is 2.39. The molecular formula is C24H36ClNO. The second kappa shape index (κ2) is 9.78. The summed E-state index contributed by atoms with van der Waals surface area (Å²) >= 11 is 6.17. The van der Waals surface area contributed by atoms with E-state index in [1.54, 1.807) is 0 Å². The number of benzene rings is 1. The van der Waals surface area contributed by atoms with E-state index >= 15 is 0 Å². The summed E-state index contributed by atoms with van der Waals surface area (Å²) in [5.74, 6) is 0.869. The van der Waals surface area contributed by atoms with Gasteiger partial charge in [-0.05, 0) is 74.6 Å². The van der Waals surface area contributed by atoms with Crippen LogP contribution in [-0.4, -0.2) is 5.91 Å². The Balaban J connectivity index is 2.24. The van der Waals surface area contributed by atoms with Gasteiger partial charge in [0, 0.05) is 22.6 Å². The molecule has 1 aliphatic heterocycles. The quantitative estimate of drug-likeness (QED) is 0.517. The Morgan fingerprint density at radius 3 is 2.56 bits per heavy atom. The molecule has 0 saturated heterocycles. The van der Waals surface area contributed by atoms with Gasteiger partial charge in [0.2, 0.25) is 5.91 Å². The van der Waals surface area contributed by atoms with E-state index in [1.165, 1.54) is 16.7 Å². The van der Waals surface area contributed by atoms with Crippen LogP contribution in [-0.2, 0) is 17.6 Å². The highest BCUT2D eigenvalue weighted by molar-refractivity contribution is 6.30. The zero-order valence-corrected chi connectivity index (χ0v) is 18.5. The van der Waals surface area contributed by atoms with Crippen LogP contribution in [0.1, 0.15) is 84.3 Å². The summed E-state index contributed by atoms with van der Waals surface area (Å²) in [6.45, 7) is 11.0. The van der Waals surface area contributed by atoms with Crippen LogP contribution in [0.25, 0.3) is 0 Å². The van der Waals surface area contributed by atoms with Gasteiger partial charge in [-0.15, -0.1) is 0 Å². The summed E-state index contributed by atoms with van der Waals surface area (Å²) in [4.78, 5) is 13.3. The summed E-state index contributed by atoms with van der Waals surface area (Å²) < 4.78 is 0. The van der Waals surface area contributed by atoms with Crippen molar-refractivity contribution in [1.29, 1.82) is 0 Å². The van der Waals surface area contributed by atoms with Crippen molar-refractivity contribution in [1.82, 2.24) is 5.32 Å². The third-order valence-electron chi connectivity index (χ3n) is 6.09. The fourth-order valence-electron chi connectivity index (χ4n) is 4.19. The molecule has 0 saturated carbocycles. The number of aryl methyl sites for hydroxylation is 1. The summed E-state index contributed by atoms with van der Waals surface area (Å²) in [6.07, 6.45) is 7.83. The molecule has 150 valence electrons. The summed E-state index contributed by atoms with van der Waals surface area (Å²) in [5.41, 5.74) is 4.74. The second-order valence-electron chi connectivity index (χ2n) is 8.62. The summed E-state index contributed by atoms with van der Waals surface area (Å²) in [7, 11) is 0. The molecule has 0 aliphatic carbocycles. The van der Waals surface area contributed by atoms with Crippen molar-refractivity contribution in [2.24, 2.45) is 11.3 Å². The molecule has 1 unspecified atom stereocenters. The molecule has 1 heterocycles. The minimum absolute atomic E-state index is 0.213. The van der Waals surface area contributed by atoms with Crippen molar-refractivity contribution < 1.29 is 4.79 Å². The lowest BCUT2D eigenvalue weighted by Crippen LogP contribution is -2.40. The molecule has 27 heavy (non-hydrogen) atoms. The fourth-order valence-corrected chi connectivity index (χ4v) is 4.39. The van der Waals surface area contributed by atoms with Crippen molar-refractivity contribution in [2.45, 2.75) is 86.0 Å². The van der Waals surface area contributed by atoms with E-state index in [-0.39, 0.29) is 11.3 Å². The number of rotatable bonds is 8. The van der Waals surface area contributed by atoms with Gasteiger partial charge in [-0.25, -0.2) is 0 Å². The number of carbonyl (C=O) groups is 1. The minimum Gasteiger partial charge on any atom is -0.329 e. The van der Waals surface area contributed by atoms with Crippen LogP contribution in [0.5, 0.6) is 0 Å². The van der Waals surface area contributed by atoms with Crippen molar-refractivity contribution in [2.75, 3.05) is 0 Å².